The van der Waals surface area contributed by atoms with Gasteiger partial charge in [-0.3, -0.25) is 0 Å². The minimum absolute atomic E-state index is 0. The zero-order chi connectivity index (χ0) is 10.9. The van der Waals surface area contributed by atoms with Crippen LogP contribution in [-0.4, -0.2) is 19.2 Å². The zero-order valence-electron chi connectivity index (χ0n) is 10.1. The van der Waals surface area contributed by atoms with Crippen LogP contribution in [0.4, 0.5) is 0 Å². The van der Waals surface area contributed by atoms with Gasteiger partial charge in [-0.2, -0.15) is 0 Å². The first-order valence-electron chi connectivity index (χ1n) is 5.52. The van der Waals surface area contributed by atoms with E-state index in [2.05, 4.69) is 37.4 Å². The molecule has 16 heavy (non-hydrogen) atoms. The van der Waals surface area contributed by atoms with Crippen LogP contribution in [0.1, 0.15) is 31.7 Å². The van der Waals surface area contributed by atoms with Crippen molar-refractivity contribution >= 4 is 12.4 Å². The van der Waals surface area contributed by atoms with Gasteiger partial charge >= 0.3 is 0 Å². The van der Waals surface area contributed by atoms with Crippen molar-refractivity contribution in [2.75, 3.05) is 13.7 Å². The molecule has 1 unspecified atom stereocenters. The molecule has 1 aliphatic heterocycles. The summed E-state index contributed by atoms with van der Waals surface area (Å²) in [5.41, 5.74) is 1.58. The predicted molar refractivity (Wildman–Crippen MR) is 69.7 cm³/mol. The van der Waals surface area contributed by atoms with Crippen LogP contribution in [0.3, 0.4) is 0 Å². The van der Waals surface area contributed by atoms with Crippen molar-refractivity contribution in [3.8, 4) is 5.75 Å². The summed E-state index contributed by atoms with van der Waals surface area (Å²) < 4.78 is 5.26. The fraction of sp³-hybridized carbons (Fsp3) is 0.538. The number of hydrogen-bond acceptors (Lipinski definition) is 2. The Balaban J connectivity index is 0.00000128. The highest BCUT2D eigenvalue weighted by molar-refractivity contribution is 5.85. The molecule has 1 heterocycles. The number of methoxy groups -OCH3 is 1. The second-order valence-corrected chi connectivity index (χ2v) is 4.77. The van der Waals surface area contributed by atoms with E-state index < -0.39 is 0 Å². The van der Waals surface area contributed by atoms with Crippen molar-refractivity contribution in [2.45, 2.75) is 31.7 Å². The van der Waals surface area contributed by atoms with E-state index in [9.17, 15) is 0 Å². The van der Waals surface area contributed by atoms with Gasteiger partial charge in [-0.15, -0.1) is 12.4 Å². The SMILES string of the molecule is COc1cccc(C2CCNC2(C)C)c1.Cl. The first-order chi connectivity index (χ1) is 7.13. The molecule has 2 nitrogen and oxygen atoms in total. The minimum Gasteiger partial charge on any atom is -0.497 e. The van der Waals surface area contributed by atoms with Gasteiger partial charge in [-0.25, -0.2) is 0 Å². The topological polar surface area (TPSA) is 21.3 Å². The molecule has 1 aliphatic rings. The Morgan fingerprint density at radius 1 is 1.38 bits per heavy atom. The van der Waals surface area contributed by atoms with Crippen LogP contribution in [-0.2, 0) is 0 Å². The molecule has 0 aromatic heterocycles. The quantitative estimate of drug-likeness (QED) is 0.860. The molecule has 1 atom stereocenters. The van der Waals surface area contributed by atoms with E-state index in [0.29, 0.717) is 5.92 Å². The summed E-state index contributed by atoms with van der Waals surface area (Å²) in [6.45, 7) is 5.64. The second kappa shape index (κ2) is 5.07. The number of ether oxygens (including phenoxy) is 1. The Labute approximate surface area is 104 Å². The van der Waals surface area contributed by atoms with Gasteiger partial charge in [0.1, 0.15) is 5.75 Å². The summed E-state index contributed by atoms with van der Waals surface area (Å²) >= 11 is 0. The van der Waals surface area contributed by atoms with Gasteiger partial charge in [-0.1, -0.05) is 12.1 Å². The summed E-state index contributed by atoms with van der Waals surface area (Å²) in [7, 11) is 1.72. The largest absolute Gasteiger partial charge is 0.497 e. The summed E-state index contributed by atoms with van der Waals surface area (Å²) in [6, 6.07) is 8.42. The Morgan fingerprint density at radius 3 is 2.69 bits per heavy atom. The van der Waals surface area contributed by atoms with Crippen LogP contribution in [0.2, 0.25) is 0 Å². The lowest BCUT2D eigenvalue weighted by Crippen LogP contribution is -2.36. The predicted octanol–water partition coefficient (Wildman–Crippen LogP) is 2.97. The van der Waals surface area contributed by atoms with Crippen LogP contribution < -0.4 is 10.1 Å². The molecular formula is C13H20ClNO. The van der Waals surface area contributed by atoms with E-state index in [1.54, 1.807) is 7.11 Å². The Bertz CT molecular complexity index is 352. The highest BCUT2D eigenvalue weighted by atomic mass is 35.5. The van der Waals surface area contributed by atoms with E-state index in [1.165, 1.54) is 12.0 Å². The summed E-state index contributed by atoms with van der Waals surface area (Å²) in [5, 5.41) is 3.54. The molecule has 2 rings (SSSR count). The fourth-order valence-corrected chi connectivity index (χ4v) is 2.46. The maximum atomic E-state index is 5.26. The number of benzene rings is 1. The molecule has 0 amide bonds. The zero-order valence-corrected chi connectivity index (χ0v) is 10.9. The van der Waals surface area contributed by atoms with Crippen molar-refractivity contribution in [3.63, 3.8) is 0 Å². The van der Waals surface area contributed by atoms with Crippen molar-refractivity contribution < 1.29 is 4.74 Å². The smallest absolute Gasteiger partial charge is 0.119 e. The monoisotopic (exact) mass is 241 g/mol. The van der Waals surface area contributed by atoms with Gasteiger partial charge in [0.15, 0.2) is 0 Å². The normalized spacial score (nSPS) is 22.6. The summed E-state index contributed by atoms with van der Waals surface area (Å²) in [5.74, 6) is 1.54. The second-order valence-electron chi connectivity index (χ2n) is 4.77. The van der Waals surface area contributed by atoms with Gasteiger partial charge in [0.05, 0.1) is 7.11 Å². The van der Waals surface area contributed by atoms with Crippen LogP contribution in [0, 0.1) is 0 Å². The van der Waals surface area contributed by atoms with Gasteiger partial charge in [-0.05, 0) is 44.5 Å². The fourth-order valence-electron chi connectivity index (χ4n) is 2.46. The van der Waals surface area contributed by atoms with Crippen LogP contribution >= 0.6 is 12.4 Å². The highest BCUT2D eigenvalue weighted by Gasteiger charge is 2.34. The molecule has 1 aromatic rings. The molecule has 0 bridgehead atoms. The third-order valence-electron chi connectivity index (χ3n) is 3.38. The lowest BCUT2D eigenvalue weighted by Gasteiger charge is -2.27. The molecule has 0 aliphatic carbocycles. The Kier molecular flexibility index (Phi) is 4.22. The van der Waals surface area contributed by atoms with E-state index in [1.807, 2.05) is 6.07 Å². The third-order valence-corrected chi connectivity index (χ3v) is 3.38. The highest BCUT2D eigenvalue weighted by Crippen LogP contribution is 2.36. The molecule has 1 fully saturated rings. The third kappa shape index (κ3) is 2.50. The maximum absolute atomic E-state index is 5.26. The summed E-state index contributed by atoms with van der Waals surface area (Å²) in [6.07, 6.45) is 1.21. The lowest BCUT2D eigenvalue weighted by atomic mass is 9.83. The van der Waals surface area contributed by atoms with E-state index >= 15 is 0 Å². The average molecular weight is 242 g/mol. The Morgan fingerprint density at radius 2 is 2.12 bits per heavy atom. The molecule has 0 spiro atoms. The number of nitrogens with one attached hydrogen (secondary N) is 1. The van der Waals surface area contributed by atoms with E-state index in [4.69, 9.17) is 4.74 Å². The number of halogens is 1. The van der Waals surface area contributed by atoms with Crippen molar-refractivity contribution in [2.24, 2.45) is 0 Å². The number of rotatable bonds is 2. The van der Waals surface area contributed by atoms with Gasteiger partial charge < -0.3 is 10.1 Å². The first kappa shape index (κ1) is 13.3. The van der Waals surface area contributed by atoms with Crippen LogP contribution in [0.15, 0.2) is 24.3 Å². The van der Waals surface area contributed by atoms with Gasteiger partial charge in [0.2, 0.25) is 0 Å². The molecule has 1 saturated heterocycles. The van der Waals surface area contributed by atoms with E-state index in [-0.39, 0.29) is 17.9 Å². The molecular weight excluding hydrogens is 222 g/mol. The average Bonchev–Trinajstić information content (AvgIpc) is 2.58. The van der Waals surface area contributed by atoms with Crippen LogP contribution in [0.25, 0.3) is 0 Å². The van der Waals surface area contributed by atoms with Gasteiger partial charge in [0.25, 0.3) is 0 Å². The Hall–Kier alpha value is -0.730. The maximum Gasteiger partial charge on any atom is 0.119 e. The first-order valence-corrected chi connectivity index (χ1v) is 5.52. The minimum atomic E-state index is 0. The lowest BCUT2D eigenvalue weighted by molar-refractivity contribution is 0.401. The van der Waals surface area contributed by atoms with E-state index in [0.717, 1.165) is 12.3 Å². The standard InChI is InChI=1S/C13H19NO.ClH/c1-13(2)12(7-8-14-13)10-5-4-6-11(9-10)15-3;/h4-6,9,12,14H,7-8H2,1-3H3;1H. The van der Waals surface area contributed by atoms with Crippen molar-refractivity contribution in [3.05, 3.63) is 29.8 Å². The molecule has 0 radical (unpaired) electrons. The molecule has 0 saturated carbocycles. The molecule has 1 aromatic carbocycles. The molecule has 3 heteroatoms. The molecule has 1 N–H and O–H groups in total. The number of hydrogen-bond donors (Lipinski definition) is 1. The molecule has 90 valence electrons. The summed E-state index contributed by atoms with van der Waals surface area (Å²) in [4.78, 5) is 0. The van der Waals surface area contributed by atoms with Crippen molar-refractivity contribution in [1.82, 2.24) is 5.32 Å². The van der Waals surface area contributed by atoms with Crippen molar-refractivity contribution in [1.29, 1.82) is 0 Å². The van der Waals surface area contributed by atoms with Crippen LogP contribution in [0.5, 0.6) is 5.75 Å². The van der Waals surface area contributed by atoms with Gasteiger partial charge in [0, 0.05) is 11.5 Å².